The van der Waals surface area contributed by atoms with Crippen molar-refractivity contribution in [2.24, 2.45) is 0 Å². The third-order valence-electron chi connectivity index (χ3n) is 3.62. The first-order valence-electron chi connectivity index (χ1n) is 6.67. The van der Waals surface area contributed by atoms with Crippen LogP contribution in [0.4, 0.5) is 0 Å². The van der Waals surface area contributed by atoms with E-state index in [0.29, 0.717) is 5.92 Å². The highest BCUT2D eigenvalue weighted by atomic mass is 16.5. The molecule has 1 N–H and O–H groups in total. The second-order valence-corrected chi connectivity index (χ2v) is 5.99. The Morgan fingerprint density at radius 1 is 1.28 bits per heavy atom. The first-order valence-corrected chi connectivity index (χ1v) is 6.67. The van der Waals surface area contributed by atoms with Gasteiger partial charge in [0.1, 0.15) is 5.75 Å². The molecule has 0 amide bonds. The Kier molecular flexibility index (Phi) is 4.80. The highest BCUT2D eigenvalue weighted by Crippen LogP contribution is 2.30. The highest BCUT2D eigenvalue weighted by molar-refractivity contribution is 5.44. The van der Waals surface area contributed by atoms with Gasteiger partial charge in [0.05, 0.1) is 7.11 Å². The van der Waals surface area contributed by atoms with E-state index >= 15 is 0 Å². The van der Waals surface area contributed by atoms with Crippen molar-refractivity contribution in [2.75, 3.05) is 14.2 Å². The maximum absolute atomic E-state index is 5.48. The number of nitrogens with one attached hydrogen (secondary N) is 1. The summed E-state index contributed by atoms with van der Waals surface area (Å²) in [7, 11) is 3.76. The number of ether oxygens (including phenoxy) is 1. The van der Waals surface area contributed by atoms with Crippen LogP contribution in [-0.2, 0) is 6.42 Å². The van der Waals surface area contributed by atoms with Crippen molar-refractivity contribution in [1.82, 2.24) is 5.32 Å². The van der Waals surface area contributed by atoms with Crippen molar-refractivity contribution in [3.63, 3.8) is 0 Å². The van der Waals surface area contributed by atoms with E-state index in [4.69, 9.17) is 4.74 Å². The predicted octanol–water partition coefficient (Wildman–Crippen LogP) is 3.67. The van der Waals surface area contributed by atoms with Crippen LogP contribution in [0.15, 0.2) is 12.1 Å². The van der Waals surface area contributed by atoms with Crippen LogP contribution in [0.5, 0.6) is 5.75 Å². The zero-order valence-electron chi connectivity index (χ0n) is 12.8. The van der Waals surface area contributed by atoms with Gasteiger partial charge in [-0.1, -0.05) is 19.9 Å². The lowest BCUT2D eigenvalue weighted by atomic mass is 9.89. The Morgan fingerprint density at radius 2 is 1.89 bits per heavy atom. The van der Waals surface area contributed by atoms with Crippen LogP contribution in [-0.4, -0.2) is 19.7 Å². The number of rotatable bonds is 5. The maximum Gasteiger partial charge on any atom is 0.122 e. The Balaban J connectivity index is 3.17. The van der Waals surface area contributed by atoms with Crippen LogP contribution in [0.25, 0.3) is 0 Å². The van der Waals surface area contributed by atoms with Crippen molar-refractivity contribution in [3.8, 4) is 5.75 Å². The van der Waals surface area contributed by atoms with Gasteiger partial charge in [0.2, 0.25) is 0 Å². The minimum absolute atomic E-state index is 0.119. The van der Waals surface area contributed by atoms with Crippen LogP contribution in [0.3, 0.4) is 0 Å². The fourth-order valence-electron chi connectivity index (χ4n) is 2.13. The Labute approximate surface area is 112 Å². The lowest BCUT2D eigenvalue weighted by molar-refractivity contribution is 0.404. The van der Waals surface area contributed by atoms with Gasteiger partial charge in [0.15, 0.2) is 0 Å². The Bertz CT molecular complexity index is 408. The number of methoxy groups -OCH3 is 1. The molecule has 0 atom stereocenters. The van der Waals surface area contributed by atoms with Crippen molar-refractivity contribution in [3.05, 3.63) is 28.8 Å². The standard InChI is InChI=1S/C16H27NO/c1-11(2)14-9-13(10-16(4,5)17-6)12(3)8-15(14)18-7/h8-9,11,17H,10H2,1-7H3. The third-order valence-corrected chi connectivity index (χ3v) is 3.62. The average molecular weight is 249 g/mol. The number of hydrogen-bond donors (Lipinski definition) is 1. The molecule has 0 saturated heterocycles. The van der Waals surface area contributed by atoms with Gasteiger partial charge < -0.3 is 10.1 Å². The fourth-order valence-corrected chi connectivity index (χ4v) is 2.13. The molecule has 0 aliphatic heterocycles. The van der Waals surface area contributed by atoms with Gasteiger partial charge in [-0.3, -0.25) is 0 Å². The van der Waals surface area contributed by atoms with Crippen LogP contribution in [0, 0.1) is 6.92 Å². The lowest BCUT2D eigenvalue weighted by Crippen LogP contribution is -2.38. The van der Waals surface area contributed by atoms with E-state index in [1.807, 2.05) is 7.05 Å². The minimum Gasteiger partial charge on any atom is -0.496 e. The SMILES string of the molecule is CNC(C)(C)Cc1cc(C(C)C)c(OC)cc1C. The summed E-state index contributed by atoms with van der Waals surface area (Å²) in [6, 6.07) is 4.47. The molecule has 0 heterocycles. The van der Waals surface area contributed by atoms with Crippen LogP contribution >= 0.6 is 0 Å². The van der Waals surface area contributed by atoms with E-state index in [-0.39, 0.29) is 5.54 Å². The average Bonchev–Trinajstić information content (AvgIpc) is 2.30. The summed E-state index contributed by atoms with van der Waals surface area (Å²) in [6.45, 7) is 11.0. The number of aryl methyl sites for hydroxylation is 1. The minimum atomic E-state index is 0.119. The van der Waals surface area contributed by atoms with Crippen LogP contribution in [0.2, 0.25) is 0 Å². The van der Waals surface area contributed by atoms with Gasteiger partial charge in [-0.15, -0.1) is 0 Å². The normalized spacial score (nSPS) is 12.0. The smallest absolute Gasteiger partial charge is 0.122 e. The molecule has 0 bridgehead atoms. The Morgan fingerprint density at radius 3 is 2.33 bits per heavy atom. The zero-order chi connectivity index (χ0) is 13.9. The van der Waals surface area contributed by atoms with E-state index in [2.05, 4.69) is 52.1 Å². The topological polar surface area (TPSA) is 21.3 Å². The number of hydrogen-bond acceptors (Lipinski definition) is 2. The molecule has 0 radical (unpaired) electrons. The fraction of sp³-hybridized carbons (Fsp3) is 0.625. The number of likely N-dealkylation sites (N-methyl/N-ethyl adjacent to an activating group) is 1. The summed E-state index contributed by atoms with van der Waals surface area (Å²) in [5, 5.41) is 3.36. The van der Waals surface area contributed by atoms with Crippen LogP contribution < -0.4 is 10.1 Å². The first-order chi connectivity index (χ1) is 8.30. The van der Waals surface area contributed by atoms with Gasteiger partial charge in [-0.25, -0.2) is 0 Å². The Hall–Kier alpha value is -1.02. The molecule has 2 heteroatoms. The molecule has 0 aromatic heterocycles. The molecule has 0 aliphatic rings. The molecule has 0 spiro atoms. The molecule has 1 rings (SSSR count). The monoisotopic (exact) mass is 249 g/mol. The van der Waals surface area contributed by atoms with Crippen molar-refractivity contribution in [1.29, 1.82) is 0 Å². The van der Waals surface area contributed by atoms with E-state index in [9.17, 15) is 0 Å². The van der Waals surface area contributed by atoms with E-state index < -0.39 is 0 Å². The van der Waals surface area contributed by atoms with Gasteiger partial charge in [0.25, 0.3) is 0 Å². The molecule has 0 aliphatic carbocycles. The quantitative estimate of drug-likeness (QED) is 0.859. The van der Waals surface area contributed by atoms with Gasteiger partial charge in [-0.05, 0) is 62.9 Å². The summed E-state index contributed by atoms with van der Waals surface area (Å²) in [4.78, 5) is 0. The van der Waals surface area contributed by atoms with Crippen LogP contribution in [0.1, 0.15) is 50.3 Å². The molecule has 0 unspecified atom stereocenters. The molecule has 1 aromatic rings. The molecular weight excluding hydrogens is 222 g/mol. The van der Waals surface area contributed by atoms with Gasteiger partial charge in [-0.2, -0.15) is 0 Å². The summed E-state index contributed by atoms with van der Waals surface area (Å²) in [6.07, 6.45) is 1.03. The molecule has 1 aromatic carbocycles. The third kappa shape index (κ3) is 3.49. The second-order valence-electron chi connectivity index (χ2n) is 5.99. The van der Waals surface area contributed by atoms with Crippen molar-refractivity contribution >= 4 is 0 Å². The molecule has 2 nitrogen and oxygen atoms in total. The summed E-state index contributed by atoms with van der Waals surface area (Å²) in [5.74, 6) is 1.49. The van der Waals surface area contributed by atoms with Crippen molar-refractivity contribution < 1.29 is 4.74 Å². The summed E-state index contributed by atoms with van der Waals surface area (Å²) >= 11 is 0. The van der Waals surface area contributed by atoms with Gasteiger partial charge in [0, 0.05) is 5.54 Å². The summed E-state index contributed by atoms with van der Waals surface area (Å²) in [5.41, 5.74) is 4.12. The first kappa shape index (κ1) is 15.0. The van der Waals surface area contributed by atoms with Crippen molar-refractivity contribution in [2.45, 2.75) is 52.5 Å². The molecular formula is C16H27NO. The lowest BCUT2D eigenvalue weighted by Gasteiger charge is -2.26. The predicted molar refractivity (Wildman–Crippen MR) is 78.7 cm³/mol. The zero-order valence-corrected chi connectivity index (χ0v) is 12.8. The molecule has 0 fully saturated rings. The van der Waals surface area contributed by atoms with Gasteiger partial charge >= 0.3 is 0 Å². The van der Waals surface area contributed by atoms with E-state index in [1.54, 1.807) is 7.11 Å². The molecule has 102 valence electrons. The maximum atomic E-state index is 5.48. The highest BCUT2D eigenvalue weighted by Gasteiger charge is 2.19. The second kappa shape index (κ2) is 5.75. The summed E-state index contributed by atoms with van der Waals surface area (Å²) < 4.78 is 5.48. The number of benzene rings is 1. The molecule has 18 heavy (non-hydrogen) atoms. The van der Waals surface area contributed by atoms with E-state index in [1.165, 1.54) is 16.7 Å². The molecule has 0 saturated carbocycles. The van der Waals surface area contributed by atoms with E-state index in [0.717, 1.165) is 12.2 Å². The largest absolute Gasteiger partial charge is 0.496 e.